The van der Waals surface area contributed by atoms with Crippen LogP contribution in [0.5, 0.6) is 0 Å². The lowest BCUT2D eigenvalue weighted by atomic mass is 10.0. The Morgan fingerprint density at radius 3 is 2.36 bits per heavy atom. The molecule has 0 atom stereocenters. The van der Waals surface area contributed by atoms with Crippen LogP contribution in [0, 0.1) is 18.6 Å². The Balaban J connectivity index is 1.83. The number of benzene rings is 4. The van der Waals surface area contributed by atoms with Gasteiger partial charge in [0, 0.05) is 10.9 Å². The fourth-order valence-corrected chi connectivity index (χ4v) is 4.14. The summed E-state index contributed by atoms with van der Waals surface area (Å²) in [6.45, 7) is 4.21. The molecular formula is C24H19N3S. The minimum absolute atomic E-state index is 0.593. The van der Waals surface area contributed by atoms with Crippen LogP contribution in [-0.4, -0.2) is 14.8 Å². The largest absolute Gasteiger partial charge is 0.268 e. The molecule has 0 saturated heterocycles. The Kier molecular flexibility index (Phi) is 3.88. The number of H-pyrrole nitrogens is 1. The van der Waals surface area contributed by atoms with E-state index >= 15 is 0 Å². The van der Waals surface area contributed by atoms with E-state index in [1.807, 2.05) is 4.57 Å². The van der Waals surface area contributed by atoms with E-state index in [0.29, 0.717) is 4.77 Å². The van der Waals surface area contributed by atoms with Crippen molar-refractivity contribution < 1.29 is 0 Å². The van der Waals surface area contributed by atoms with Gasteiger partial charge in [-0.05, 0) is 66.0 Å². The van der Waals surface area contributed by atoms with E-state index in [4.69, 9.17) is 12.2 Å². The maximum absolute atomic E-state index is 5.63. The molecule has 1 N–H and O–H groups in total. The summed E-state index contributed by atoms with van der Waals surface area (Å²) in [4.78, 5) is 0. The van der Waals surface area contributed by atoms with Crippen LogP contribution in [0.15, 0.2) is 72.8 Å². The summed E-state index contributed by atoms with van der Waals surface area (Å²) in [5, 5.41) is 12.4. The third-order valence-electron chi connectivity index (χ3n) is 5.26. The number of rotatable bonds is 2. The van der Waals surface area contributed by atoms with Crippen molar-refractivity contribution in [1.82, 2.24) is 14.8 Å². The second-order valence-electron chi connectivity index (χ2n) is 7.20. The number of aryl methyl sites for hydroxylation is 2. The van der Waals surface area contributed by atoms with Crippen LogP contribution in [-0.2, 0) is 0 Å². The lowest BCUT2D eigenvalue weighted by molar-refractivity contribution is 1.04. The monoisotopic (exact) mass is 381 g/mol. The molecule has 4 aromatic carbocycles. The highest BCUT2D eigenvalue weighted by Crippen LogP contribution is 2.31. The quantitative estimate of drug-likeness (QED) is 0.279. The maximum Gasteiger partial charge on any atom is 0.200 e. The third kappa shape index (κ3) is 2.65. The minimum Gasteiger partial charge on any atom is -0.268 e. The average Bonchev–Trinajstić information content (AvgIpc) is 3.07. The van der Waals surface area contributed by atoms with Crippen LogP contribution in [0.1, 0.15) is 11.1 Å². The third-order valence-corrected chi connectivity index (χ3v) is 5.53. The van der Waals surface area contributed by atoms with Gasteiger partial charge in [-0.15, -0.1) is 0 Å². The zero-order valence-corrected chi connectivity index (χ0v) is 16.5. The van der Waals surface area contributed by atoms with Crippen LogP contribution in [0.3, 0.4) is 0 Å². The van der Waals surface area contributed by atoms with Gasteiger partial charge in [0.05, 0.1) is 5.69 Å². The van der Waals surface area contributed by atoms with Gasteiger partial charge in [-0.25, -0.2) is 0 Å². The number of hydrogen-bond acceptors (Lipinski definition) is 2. The predicted octanol–water partition coefficient (Wildman–Crippen LogP) is 6.52. The zero-order valence-electron chi connectivity index (χ0n) is 15.7. The van der Waals surface area contributed by atoms with Crippen LogP contribution in [0.4, 0.5) is 0 Å². The Labute approximate surface area is 168 Å². The Morgan fingerprint density at radius 2 is 1.57 bits per heavy atom. The minimum atomic E-state index is 0.593. The summed E-state index contributed by atoms with van der Waals surface area (Å²) in [5.74, 6) is 0.836. The molecule has 0 fully saturated rings. The molecule has 0 bridgehead atoms. The molecule has 0 spiro atoms. The van der Waals surface area contributed by atoms with Crippen molar-refractivity contribution in [2.45, 2.75) is 13.8 Å². The molecule has 4 heteroatoms. The highest BCUT2D eigenvalue weighted by Gasteiger charge is 2.15. The van der Waals surface area contributed by atoms with Crippen LogP contribution in [0.25, 0.3) is 38.6 Å². The summed E-state index contributed by atoms with van der Waals surface area (Å²) in [7, 11) is 0. The normalized spacial score (nSPS) is 11.4. The van der Waals surface area contributed by atoms with Crippen molar-refractivity contribution in [3.63, 3.8) is 0 Å². The first kappa shape index (κ1) is 16.9. The van der Waals surface area contributed by atoms with Gasteiger partial charge in [-0.2, -0.15) is 5.10 Å². The first-order valence-corrected chi connectivity index (χ1v) is 9.69. The highest BCUT2D eigenvalue weighted by molar-refractivity contribution is 7.71. The first-order valence-electron chi connectivity index (χ1n) is 9.29. The Bertz CT molecular complexity index is 1410. The van der Waals surface area contributed by atoms with Crippen LogP contribution < -0.4 is 0 Å². The predicted molar refractivity (Wildman–Crippen MR) is 119 cm³/mol. The molecule has 0 aliphatic rings. The summed E-state index contributed by atoms with van der Waals surface area (Å²) >= 11 is 5.63. The number of hydrogen-bond donors (Lipinski definition) is 1. The molecule has 3 nitrogen and oxygen atoms in total. The number of fused-ring (bicyclic) bond motifs is 2. The van der Waals surface area contributed by atoms with Gasteiger partial charge in [-0.1, -0.05) is 60.2 Å². The highest BCUT2D eigenvalue weighted by atomic mass is 32.1. The number of aromatic nitrogens is 3. The summed E-state index contributed by atoms with van der Waals surface area (Å²) < 4.78 is 2.64. The number of nitrogens with one attached hydrogen (secondary N) is 1. The van der Waals surface area contributed by atoms with E-state index < -0.39 is 0 Å². The molecule has 0 aliphatic heterocycles. The van der Waals surface area contributed by atoms with Gasteiger partial charge in [0.25, 0.3) is 0 Å². The fraction of sp³-hybridized carbons (Fsp3) is 0.0833. The van der Waals surface area contributed by atoms with Crippen LogP contribution >= 0.6 is 12.2 Å². The van der Waals surface area contributed by atoms with Crippen molar-refractivity contribution in [2.75, 3.05) is 0 Å². The lowest BCUT2D eigenvalue weighted by Crippen LogP contribution is -2.00. The van der Waals surface area contributed by atoms with Crippen molar-refractivity contribution in [3.05, 3.63) is 88.7 Å². The van der Waals surface area contributed by atoms with Gasteiger partial charge < -0.3 is 0 Å². The summed E-state index contributed by atoms with van der Waals surface area (Å²) in [6, 6.07) is 25.6. The number of aromatic amines is 1. The van der Waals surface area contributed by atoms with E-state index in [0.717, 1.165) is 22.5 Å². The second-order valence-corrected chi connectivity index (χ2v) is 7.59. The smallest absolute Gasteiger partial charge is 0.200 e. The van der Waals surface area contributed by atoms with Crippen molar-refractivity contribution in [1.29, 1.82) is 0 Å². The standard InChI is InChI=1S/C24H19N3S/c1-15-10-11-20(16(2)12-15)23-25-26-24(28)27(23)22-9-5-8-19-13-17-6-3-4-7-18(17)14-21(19)22/h3-14H,1-2H3,(H,26,28). The van der Waals surface area contributed by atoms with Gasteiger partial charge in [0.15, 0.2) is 10.6 Å². The molecule has 1 aromatic heterocycles. The van der Waals surface area contributed by atoms with Crippen molar-refractivity contribution in [3.8, 4) is 17.1 Å². The maximum atomic E-state index is 5.63. The lowest BCUT2D eigenvalue weighted by Gasteiger charge is -2.13. The molecule has 0 unspecified atom stereocenters. The molecular weight excluding hydrogens is 362 g/mol. The summed E-state index contributed by atoms with van der Waals surface area (Å²) in [6.07, 6.45) is 0. The Morgan fingerprint density at radius 1 is 0.821 bits per heavy atom. The number of nitrogens with zero attached hydrogens (tertiary/aromatic N) is 2. The molecule has 0 radical (unpaired) electrons. The average molecular weight is 382 g/mol. The topological polar surface area (TPSA) is 33.6 Å². The van der Waals surface area contributed by atoms with Gasteiger partial charge in [-0.3, -0.25) is 9.67 Å². The van der Waals surface area contributed by atoms with E-state index in [-0.39, 0.29) is 0 Å². The molecule has 5 rings (SSSR count). The molecule has 28 heavy (non-hydrogen) atoms. The van der Waals surface area contributed by atoms with E-state index in [1.54, 1.807) is 0 Å². The van der Waals surface area contributed by atoms with Crippen LogP contribution in [0.2, 0.25) is 0 Å². The van der Waals surface area contributed by atoms with Gasteiger partial charge in [0.2, 0.25) is 0 Å². The van der Waals surface area contributed by atoms with E-state index in [9.17, 15) is 0 Å². The summed E-state index contributed by atoms with van der Waals surface area (Å²) in [5.41, 5.74) is 4.53. The molecule has 1 heterocycles. The van der Waals surface area contributed by atoms with E-state index in [2.05, 4.69) is 96.8 Å². The molecule has 5 aromatic rings. The molecule has 0 saturated carbocycles. The fourth-order valence-electron chi connectivity index (χ4n) is 3.91. The molecule has 0 aliphatic carbocycles. The zero-order chi connectivity index (χ0) is 19.3. The Hall–Kier alpha value is -3.24. The first-order chi connectivity index (χ1) is 13.6. The van der Waals surface area contributed by atoms with E-state index in [1.165, 1.54) is 27.3 Å². The van der Waals surface area contributed by atoms with Crippen molar-refractivity contribution in [2.24, 2.45) is 0 Å². The second kappa shape index (κ2) is 6.43. The van der Waals surface area contributed by atoms with Crippen molar-refractivity contribution >= 4 is 33.8 Å². The van der Waals surface area contributed by atoms with Gasteiger partial charge in [0.1, 0.15) is 0 Å². The van der Waals surface area contributed by atoms with Gasteiger partial charge >= 0.3 is 0 Å². The molecule has 0 amide bonds. The SMILES string of the molecule is Cc1ccc(-c2n[nH]c(=S)n2-c2cccc3cc4ccccc4cc23)c(C)c1. The molecule has 136 valence electrons.